The van der Waals surface area contributed by atoms with Crippen LogP contribution in [0.5, 0.6) is 0 Å². The Hall–Kier alpha value is -1.99. The van der Waals surface area contributed by atoms with Crippen molar-refractivity contribution in [3.63, 3.8) is 0 Å². The molecule has 1 unspecified atom stereocenters. The van der Waals surface area contributed by atoms with Crippen LogP contribution < -0.4 is 11.1 Å². The Morgan fingerprint density at radius 2 is 2.06 bits per heavy atom. The van der Waals surface area contributed by atoms with E-state index in [1.807, 2.05) is 0 Å². The molecule has 0 spiro atoms. The Morgan fingerprint density at radius 1 is 1.41 bits per heavy atom. The van der Waals surface area contributed by atoms with Gasteiger partial charge in [0.2, 0.25) is 5.91 Å². The molecule has 0 aliphatic rings. The summed E-state index contributed by atoms with van der Waals surface area (Å²) < 4.78 is 0. The van der Waals surface area contributed by atoms with E-state index in [2.05, 4.69) is 10.3 Å². The average Bonchev–Trinajstić information content (AvgIpc) is 2.35. The van der Waals surface area contributed by atoms with Gasteiger partial charge in [-0.15, -0.1) is 0 Å². The van der Waals surface area contributed by atoms with Crippen molar-refractivity contribution < 1.29 is 19.8 Å². The van der Waals surface area contributed by atoms with Crippen molar-refractivity contribution in [2.45, 2.75) is 6.10 Å². The first-order chi connectivity index (χ1) is 8.04. The first kappa shape index (κ1) is 13.1. The third-order valence-electron chi connectivity index (χ3n) is 1.99. The van der Waals surface area contributed by atoms with E-state index in [0.717, 1.165) is 0 Å². The number of nitrogens with zero attached hydrogens (tertiary/aromatic N) is 1. The number of aliphatic hydroxyl groups is 2. The van der Waals surface area contributed by atoms with Gasteiger partial charge in [0.15, 0.2) is 0 Å². The monoisotopic (exact) mass is 239 g/mol. The quantitative estimate of drug-likeness (QED) is 0.485. The number of carbonyl (C=O) groups excluding carboxylic acids is 2. The molecule has 0 saturated heterocycles. The molecule has 92 valence electrons. The molecule has 0 aromatic carbocycles. The van der Waals surface area contributed by atoms with E-state index in [9.17, 15) is 9.59 Å². The molecule has 7 nitrogen and oxygen atoms in total. The predicted octanol–water partition coefficient (Wildman–Crippen LogP) is -1.74. The van der Waals surface area contributed by atoms with Crippen molar-refractivity contribution in [3.05, 3.63) is 29.6 Å². The molecule has 1 aromatic heterocycles. The Kier molecular flexibility index (Phi) is 4.56. The summed E-state index contributed by atoms with van der Waals surface area (Å²) in [6.07, 6.45) is 1.50. The van der Waals surface area contributed by atoms with Gasteiger partial charge in [0, 0.05) is 18.9 Å². The number of amides is 2. The molecule has 7 heteroatoms. The van der Waals surface area contributed by atoms with Crippen molar-refractivity contribution >= 4 is 11.8 Å². The highest BCUT2D eigenvalue weighted by atomic mass is 16.3. The van der Waals surface area contributed by atoms with Crippen LogP contribution in [0, 0.1) is 0 Å². The minimum atomic E-state index is -1.02. The second kappa shape index (κ2) is 5.92. The van der Waals surface area contributed by atoms with Crippen molar-refractivity contribution in [2.24, 2.45) is 5.73 Å². The molecule has 0 fully saturated rings. The van der Waals surface area contributed by atoms with E-state index in [1.165, 1.54) is 18.5 Å². The van der Waals surface area contributed by atoms with Gasteiger partial charge in [0.1, 0.15) is 0 Å². The fourth-order valence-electron chi connectivity index (χ4n) is 1.08. The van der Waals surface area contributed by atoms with Crippen LogP contribution in [0.3, 0.4) is 0 Å². The van der Waals surface area contributed by atoms with Gasteiger partial charge in [-0.05, 0) is 6.07 Å². The smallest absolute Gasteiger partial charge is 0.252 e. The lowest BCUT2D eigenvalue weighted by Crippen LogP contribution is -2.34. The number of nitrogens with one attached hydrogen (secondary N) is 1. The maximum absolute atomic E-state index is 11.5. The number of carbonyl (C=O) groups is 2. The summed E-state index contributed by atoms with van der Waals surface area (Å²) in [5.41, 5.74) is 5.33. The molecule has 0 aliphatic carbocycles. The van der Waals surface area contributed by atoms with Gasteiger partial charge < -0.3 is 21.3 Å². The van der Waals surface area contributed by atoms with Crippen LogP contribution in [0.15, 0.2) is 18.5 Å². The normalized spacial score (nSPS) is 11.9. The molecule has 5 N–H and O–H groups in total. The number of hydrogen-bond donors (Lipinski definition) is 4. The highest BCUT2D eigenvalue weighted by Gasteiger charge is 2.10. The van der Waals surface area contributed by atoms with E-state index in [0.29, 0.717) is 0 Å². The van der Waals surface area contributed by atoms with Crippen molar-refractivity contribution in [3.8, 4) is 0 Å². The van der Waals surface area contributed by atoms with E-state index in [-0.39, 0.29) is 17.7 Å². The summed E-state index contributed by atoms with van der Waals surface area (Å²) >= 11 is 0. The number of hydrogen-bond acceptors (Lipinski definition) is 5. The molecule has 1 atom stereocenters. The van der Waals surface area contributed by atoms with Crippen molar-refractivity contribution in [1.29, 1.82) is 0 Å². The van der Waals surface area contributed by atoms with Crippen LogP contribution in [0.25, 0.3) is 0 Å². The van der Waals surface area contributed by atoms with Crippen LogP contribution in [0.1, 0.15) is 20.7 Å². The zero-order valence-electron chi connectivity index (χ0n) is 8.96. The van der Waals surface area contributed by atoms with E-state index in [4.69, 9.17) is 15.9 Å². The number of pyridine rings is 1. The summed E-state index contributed by atoms with van der Waals surface area (Å²) in [5, 5.41) is 20.0. The third kappa shape index (κ3) is 3.82. The number of primary amides is 1. The summed E-state index contributed by atoms with van der Waals surface area (Å²) in [5.74, 6) is -1.18. The van der Waals surface area contributed by atoms with Crippen LogP contribution in [0.4, 0.5) is 0 Å². The second-order valence-corrected chi connectivity index (χ2v) is 3.37. The molecule has 2 amide bonds. The van der Waals surface area contributed by atoms with Gasteiger partial charge in [0.25, 0.3) is 5.91 Å². The van der Waals surface area contributed by atoms with Gasteiger partial charge in [-0.25, -0.2) is 0 Å². The van der Waals surface area contributed by atoms with Gasteiger partial charge in [0.05, 0.1) is 23.8 Å². The van der Waals surface area contributed by atoms with Gasteiger partial charge in [-0.2, -0.15) is 0 Å². The molecule has 1 heterocycles. The zero-order valence-corrected chi connectivity index (χ0v) is 8.96. The fourth-order valence-corrected chi connectivity index (χ4v) is 1.08. The average molecular weight is 239 g/mol. The van der Waals surface area contributed by atoms with Crippen LogP contribution in [0.2, 0.25) is 0 Å². The lowest BCUT2D eigenvalue weighted by molar-refractivity contribution is 0.0801. The third-order valence-corrected chi connectivity index (χ3v) is 1.99. The molecule has 0 radical (unpaired) electrons. The fraction of sp³-hybridized carbons (Fsp3) is 0.300. The maximum atomic E-state index is 11.5. The molecule has 0 saturated carbocycles. The lowest BCUT2D eigenvalue weighted by Gasteiger charge is -2.08. The van der Waals surface area contributed by atoms with Gasteiger partial charge >= 0.3 is 0 Å². The lowest BCUT2D eigenvalue weighted by atomic mass is 10.2. The first-order valence-corrected chi connectivity index (χ1v) is 4.86. The summed E-state index contributed by atoms with van der Waals surface area (Å²) in [4.78, 5) is 26.1. The highest BCUT2D eigenvalue weighted by Crippen LogP contribution is 2.01. The largest absolute Gasteiger partial charge is 0.394 e. The number of rotatable bonds is 5. The Labute approximate surface area is 97.3 Å². The summed E-state index contributed by atoms with van der Waals surface area (Å²) in [6.45, 7) is -0.532. The summed E-state index contributed by atoms with van der Waals surface area (Å²) in [6, 6.07) is 1.30. The zero-order chi connectivity index (χ0) is 12.8. The molecular formula is C10H13N3O4. The maximum Gasteiger partial charge on any atom is 0.252 e. The minimum absolute atomic E-state index is 0.0872. The van der Waals surface area contributed by atoms with Crippen LogP contribution in [-0.2, 0) is 0 Å². The second-order valence-electron chi connectivity index (χ2n) is 3.37. The molecule has 17 heavy (non-hydrogen) atoms. The predicted molar refractivity (Wildman–Crippen MR) is 58.2 cm³/mol. The topological polar surface area (TPSA) is 126 Å². The van der Waals surface area contributed by atoms with Crippen LogP contribution in [-0.4, -0.2) is 46.3 Å². The molecule has 1 aromatic rings. The molecule has 1 rings (SSSR count). The number of aliphatic hydroxyl groups excluding tert-OH is 2. The minimum Gasteiger partial charge on any atom is -0.394 e. The van der Waals surface area contributed by atoms with E-state index in [1.54, 1.807) is 0 Å². The Morgan fingerprint density at radius 3 is 2.65 bits per heavy atom. The number of nitrogens with two attached hydrogens (primary N) is 1. The summed E-state index contributed by atoms with van der Waals surface area (Å²) in [7, 11) is 0. The van der Waals surface area contributed by atoms with E-state index < -0.39 is 24.5 Å². The molecule has 0 bridgehead atoms. The highest BCUT2D eigenvalue weighted by molar-refractivity contribution is 5.98. The van der Waals surface area contributed by atoms with Gasteiger partial charge in [-0.3, -0.25) is 14.6 Å². The van der Waals surface area contributed by atoms with Crippen molar-refractivity contribution in [1.82, 2.24) is 10.3 Å². The molecule has 0 aliphatic heterocycles. The molecular weight excluding hydrogens is 226 g/mol. The number of aromatic nitrogens is 1. The Balaban J connectivity index is 2.69. The van der Waals surface area contributed by atoms with E-state index >= 15 is 0 Å². The first-order valence-electron chi connectivity index (χ1n) is 4.86. The van der Waals surface area contributed by atoms with Crippen LogP contribution >= 0.6 is 0 Å². The standard InChI is InChI=1S/C10H13N3O4/c11-9(16)6-1-7(3-12-2-6)10(17)13-4-8(15)5-14/h1-3,8,14-15H,4-5H2,(H2,11,16)(H,13,17). The van der Waals surface area contributed by atoms with Gasteiger partial charge in [-0.1, -0.05) is 0 Å². The van der Waals surface area contributed by atoms with Crippen molar-refractivity contribution in [2.75, 3.05) is 13.2 Å². The Bertz CT molecular complexity index is 422. The SMILES string of the molecule is NC(=O)c1cncc(C(=O)NCC(O)CO)c1.